The molecule has 389 valence electrons. The number of rotatable bonds is 8. The standard InChI is InChI=1S/C52H72N9O9SSi/c1-11-41(62)57-22-24-70-51(29-57)30-58(31-51)48(66)61(9,71)44(33(3)4)45(63)54-52(72)26-36-28-56(21-23-68-36)35-17-18-50(8)39(25-35)38(43(59(50)12-2)37-15-13-19-53-42(37)34(5)67-10)27-49(6,7)32-69-46(64)40-16-14-20-60(55-40)47(52)65/h11,13,15,17-19,25,34,36,39-40,55,71H,1,12,14,16,20-24,26-32H2,2-10H3/p+1/t34-,36-,39?,40-,50?,52?,61?/m0/s1. The molecule has 7 heterocycles. The van der Waals surface area contributed by atoms with E-state index in [2.05, 4.69) is 89.4 Å². The average molecular weight is 1030 g/mol. The van der Waals surface area contributed by atoms with Gasteiger partial charge < -0.3 is 39.0 Å². The van der Waals surface area contributed by atoms with Crippen LogP contribution < -0.4 is 10.7 Å². The summed E-state index contributed by atoms with van der Waals surface area (Å²) in [5, 5.41) is 2.59. The van der Waals surface area contributed by atoms with Crippen LogP contribution in [0.25, 0.3) is 5.70 Å². The van der Waals surface area contributed by atoms with Crippen molar-refractivity contribution in [2.24, 2.45) is 11.3 Å². The molecule has 1 aliphatic carbocycles. The summed E-state index contributed by atoms with van der Waals surface area (Å²) in [7, 11) is 7.07. The van der Waals surface area contributed by atoms with Gasteiger partial charge in [0, 0.05) is 80.7 Å². The minimum absolute atomic E-state index is 0.0144. The Morgan fingerprint density at radius 3 is 2.56 bits per heavy atom. The second-order valence-electron chi connectivity index (χ2n) is 21.7. The van der Waals surface area contributed by atoms with Crippen molar-refractivity contribution in [2.75, 3.05) is 86.3 Å². The molecule has 6 bridgehead atoms. The van der Waals surface area contributed by atoms with Crippen molar-refractivity contribution in [3.05, 3.63) is 83.0 Å². The van der Waals surface area contributed by atoms with Crippen molar-refractivity contribution in [3.63, 3.8) is 0 Å². The van der Waals surface area contributed by atoms with Crippen molar-refractivity contribution in [1.82, 2.24) is 40.3 Å². The van der Waals surface area contributed by atoms with E-state index >= 15 is 4.79 Å². The highest BCUT2D eigenvalue weighted by Crippen LogP contribution is 2.54. The molecule has 18 nitrogen and oxygen atoms in total. The molecule has 20 heteroatoms. The summed E-state index contributed by atoms with van der Waals surface area (Å²) in [6, 6.07) is 2.77. The molecule has 72 heavy (non-hydrogen) atoms. The normalized spacial score (nSPS) is 29.5. The first-order chi connectivity index (χ1) is 34.0. The highest BCUT2D eigenvalue weighted by molar-refractivity contribution is 7.74. The summed E-state index contributed by atoms with van der Waals surface area (Å²) in [6.07, 6.45) is 10.6. The molecule has 1 aromatic rings. The summed E-state index contributed by atoms with van der Waals surface area (Å²) in [4.78, 5) is 83.9. The molecule has 3 radical (unpaired) electrons. The SMILES string of the molecule is C=CC(=O)N1CCOC2(C1)CN(C(=O)[N+](C)(S)C(C(=O)NC1([Si])C[C@H]3CN(CCO3)C3=CC4C(=C(c5cccnc5[C@H](C)OC)N(CC)C4(C)C=C3)CC(C)(C)COC(=O)[C@@H]3CCCN(N3)C1=O)=C(C)C)C2. The third kappa shape index (κ3) is 10.1. The third-order valence-electron chi connectivity index (χ3n) is 15.4. The number of morpholine rings is 2. The van der Waals surface area contributed by atoms with Crippen molar-refractivity contribution >= 4 is 58.5 Å². The Morgan fingerprint density at radius 2 is 1.86 bits per heavy atom. The number of carbonyl (C=O) groups is 5. The molecule has 7 atom stereocenters. The molecule has 0 aromatic carbocycles. The van der Waals surface area contributed by atoms with Crippen molar-refractivity contribution in [1.29, 1.82) is 0 Å². The van der Waals surface area contributed by atoms with Crippen molar-refractivity contribution < 1.29 is 46.8 Å². The van der Waals surface area contributed by atoms with Crippen LogP contribution in [0.15, 0.2) is 71.8 Å². The lowest BCUT2D eigenvalue weighted by molar-refractivity contribution is -0.638. The molecule has 8 rings (SSSR count). The lowest BCUT2D eigenvalue weighted by atomic mass is 9.73. The summed E-state index contributed by atoms with van der Waals surface area (Å²) in [5.74, 6) is -2.02. The Hall–Kier alpha value is -4.83. The van der Waals surface area contributed by atoms with Crippen LogP contribution in [0.4, 0.5) is 4.79 Å². The Balaban J connectivity index is 1.13. The topological polar surface area (TPSA) is 175 Å². The van der Waals surface area contributed by atoms with Gasteiger partial charge in [-0.2, -0.15) is 0 Å². The van der Waals surface area contributed by atoms with Crippen LogP contribution >= 0.6 is 12.8 Å². The number of esters is 1. The van der Waals surface area contributed by atoms with E-state index in [1.54, 1.807) is 37.0 Å². The number of urea groups is 1. The van der Waals surface area contributed by atoms with Crippen LogP contribution in [0.1, 0.15) is 91.5 Å². The molecular weight excluding hydrogens is 955 g/mol. The van der Waals surface area contributed by atoms with Crippen LogP contribution in [-0.2, 0) is 38.1 Å². The largest absolute Gasteiger partial charge is 0.464 e. The number of methoxy groups -OCH3 is 1. The Bertz CT molecular complexity index is 2490. The number of hydrogen-bond donors (Lipinski definition) is 3. The number of ether oxygens (including phenoxy) is 4. The van der Waals surface area contributed by atoms with E-state index in [1.165, 1.54) is 23.7 Å². The van der Waals surface area contributed by atoms with Crippen LogP contribution in [0.2, 0.25) is 0 Å². The second kappa shape index (κ2) is 20.5. The molecule has 1 spiro atoms. The molecule has 6 aliphatic heterocycles. The van der Waals surface area contributed by atoms with Crippen LogP contribution in [0.3, 0.4) is 0 Å². The first-order valence-corrected chi connectivity index (χ1v) is 26.1. The van der Waals surface area contributed by atoms with Crippen LogP contribution in [-0.4, -0.2) is 188 Å². The minimum Gasteiger partial charge on any atom is -0.464 e. The zero-order chi connectivity index (χ0) is 52.1. The molecule has 4 fully saturated rings. The highest BCUT2D eigenvalue weighted by Gasteiger charge is 2.56. The maximum Gasteiger partial charge on any atom is 0.435 e. The van der Waals surface area contributed by atoms with Crippen molar-refractivity contribution in [2.45, 2.75) is 109 Å². The zero-order valence-corrected chi connectivity index (χ0v) is 45.3. The average Bonchev–Trinajstić information content (AvgIpc) is 3.58. The molecular formula is C52H73N9O9SSi+. The number of nitrogens with one attached hydrogen (secondary N) is 2. The molecule has 4 saturated heterocycles. The fraction of sp³-hybridized carbons (Fsp3) is 0.615. The molecule has 7 aliphatic rings. The van der Waals surface area contributed by atoms with E-state index in [0.717, 1.165) is 29.2 Å². The molecule has 0 saturated carbocycles. The summed E-state index contributed by atoms with van der Waals surface area (Å²) < 4.78 is 23.9. The highest BCUT2D eigenvalue weighted by atomic mass is 32.1. The number of cyclic esters (lactones) is 1. The fourth-order valence-electron chi connectivity index (χ4n) is 11.8. The lowest BCUT2D eigenvalue weighted by Crippen LogP contribution is -2.73. The summed E-state index contributed by atoms with van der Waals surface area (Å²) in [5.41, 5.74) is 7.14. The predicted octanol–water partition coefficient (Wildman–Crippen LogP) is 4.01. The van der Waals surface area contributed by atoms with Gasteiger partial charge in [0.25, 0.3) is 5.91 Å². The maximum atomic E-state index is 15.1. The van der Waals surface area contributed by atoms with Crippen molar-refractivity contribution in [3.8, 4) is 0 Å². The first-order valence-electron chi connectivity index (χ1n) is 25.2. The number of hydrogen-bond acceptors (Lipinski definition) is 14. The zero-order valence-electron chi connectivity index (χ0n) is 43.4. The number of likely N-dealkylation sites (tertiary alicyclic amines) is 1. The number of aromatic nitrogens is 1. The Morgan fingerprint density at radius 1 is 1.12 bits per heavy atom. The van der Waals surface area contributed by atoms with E-state index in [4.69, 9.17) is 36.7 Å². The number of hydrazine groups is 1. The van der Waals surface area contributed by atoms with Gasteiger partial charge in [-0.15, -0.1) is 3.89 Å². The number of quaternary nitrogens is 1. The fourth-order valence-corrected chi connectivity index (χ4v) is 12.7. The van der Waals surface area contributed by atoms with Gasteiger partial charge >= 0.3 is 17.9 Å². The van der Waals surface area contributed by atoms with Gasteiger partial charge in [-0.1, -0.05) is 32.6 Å². The number of carbonyl (C=O) groups excluding carboxylic acids is 5. The van der Waals surface area contributed by atoms with E-state index in [-0.39, 0.29) is 56.3 Å². The van der Waals surface area contributed by atoms with E-state index in [0.29, 0.717) is 64.2 Å². The van der Waals surface area contributed by atoms with Crippen LogP contribution in [0, 0.1) is 11.3 Å². The van der Waals surface area contributed by atoms with Gasteiger partial charge in [0.1, 0.15) is 16.8 Å². The monoisotopic (exact) mass is 1030 g/mol. The smallest absolute Gasteiger partial charge is 0.435 e. The van der Waals surface area contributed by atoms with Gasteiger partial charge in [-0.25, -0.2) is 10.2 Å². The molecule has 1 aromatic heterocycles. The Kier molecular flexibility index (Phi) is 15.2. The molecule has 5 amide bonds. The maximum absolute atomic E-state index is 15.1. The lowest BCUT2D eigenvalue weighted by Gasteiger charge is -2.53. The number of likely N-dealkylation sites (N-methyl/N-ethyl adjacent to an activating group) is 2. The Labute approximate surface area is 433 Å². The quantitative estimate of drug-likeness (QED) is 0.112. The number of pyridine rings is 1. The number of allylic oxidation sites excluding steroid dienone is 2. The predicted molar refractivity (Wildman–Crippen MR) is 274 cm³/mol. The first kappa shape index (κ1) is 53.5. The number of amides is 5. The van der Waals surface area contributed by atoms with Gasteiger partial charge in [0.2, 0.25) is 11.6 Å². The van der Waals surface area contributed by atoms with E-state index in [9.17, 15) is 19.2 Å². The number of fused-ring (bicyclic) bond motifs is 5. The third-order valence-corrected chi connectivity index (χ3v) is 16.3. The second-order valence-corrected chi connectivity index (χ2v) is 23.4. The number of nitrogens with zero attached hydrogens (tertiary/aromatic N) is 7. The van der Waals surface area contributed by atoms with Gasteiger partial charge in [0.15, 0.2) is 0 Å². The van der Waals surface area contributed by atoms with Gasteiger partial charge in [-0.3, -0.25) is 34.1 Å². The minimum atomic E-state index is -1.81. The molecule has 2 N–H and O–H groups in total. The summed E-state index contributed by atoms with van der Waals surface area (Å²) >= 11 is 4.85. The number of thiol groups is 1. The molecule has 4 unspecified atom stereocenters. The van der Waals surface area contributed by atoms with Gasteiger partial charge in [0.05, 0.1) is 93.0 Å². The van der Waals surface area contributed by atoms with E-state index in [1.807, 2.05) is 13.0 Å². The van der Waals surface area contributed by atoms with Crippen LogP contribution in [0.5, 0.6) is 0 Å². The van der Waals surface area contributed by atoms with E-state index < -0.39 is 61.6 Å². The van der Waals surface area contributed by atoms with Gasteiger partial charge in [-0.05, 0) is 89.3 Å². The summed E-state index contributed by atoms with van der Waals surface area (Å²) in [6.45, 7) is 21.6.